The van der Waals surface area contributed by atoms with Gasteiger partial charge in [-0.05, 0) is 6.42 Å². The van der Waals surface area contributed by atoms with Crippen LogP contribution in [0.25, 0.3) is 0 Å². The lowest BCUT2D eigenvalue weighted by Crippen LogP contribution is -2.10. The molecule has 0 aromatic carbocycles. The van der Waals surface area contributed by atoms with Gasteiger partial charge >= 0.3 is 5.97 Å². The van der Waals surface area contributed by atoms with Gasteiger partial charge in [-0.2, -0.15) is 0 Å². The van der Waals surface area contributed by atoms with Crippen molar-refractivity contribution in [2.24, 2.45) is 11.8 Å². The third kappa shape index (κ3) is 1.68. The van der Waals surface area contributed by atoms with E-state index in [1.54, 1.807) is 0 Å². The van der Waals surface area contributed by atoms with Crippen LogP contribution < -0.4 is 0 Å². The quantitative estimate of drug-likeness (QED) is 0.663. The van der Waals surface area contributed by atoms with E-state index in [9.17, 15) is 4.79 Å². The van der Waals surface area contributed by atoms with Gasteiger partial charge in [0.15, 0.2) is 3.79 Å². The number of halogens is 3. The van der Waals surface area contributed by atoms with Gasteiger partial charge in [-0.15, -0.1) is 0 Å². The first-order valence-electron chi connectivity index (χ1n) is 2.72. The van der Waals surface area contributed by atoms with Crippen LogP contribution in [0, 0.1) is 11.8 Å². The molecule has 0 saturated heterocycles. The zero-order chi connectivity index (χ0) is 7.94. The van der Waals surface area contributed by atoms with Gasteiger partial charge in [0.1, 0.15) is 0 Å². The summed E-state index contributed by atoms with van der Waals surface area (Å²) in [5.41, 5.74) is 0. The molecule has 0 aromatic rings. The molecule has 5 heteroatoms. The maximum Gasteiger partial charge on any atom is 0.306 e. The number of carboxylic acid groups (broad SMARTS) is 1. The molecule has 1 aliphatic carbocycles. The molecule has 0 amide bonds. The number of carbonyl (C=O) groups is 1. The molecule has 2 atom stereocenters. The molecule has 1 N–H and O–H groups in total. The maximum atomic E-state index is 10.2. The lowest BCUT2D eigenvalue weighted by Gasteiger charge is -2.07. The number of carboxylic acids is 1. The van der Waals surface area contributed by atoms with Crippen molar-refractivity contribution < 1.29 is 9.90 Å². The Morgan fingerprint density at radius 1 is 1.50 bits per heavy atom. The number of hydrogen-bond donors (Lipinski definition) is 1. The van der Waals surface area contributed by atoms with Crippen molar-refractivity contribution >= 4 is 40.8 Å². The van der Waals surface area contributed by atoms with Crippen LogP contribution in [0.5, 0.6) is 0 Å². The summed E-state index contributed by atoms with van der Waals surface area (Å²) < 4.78 is -1.40. The van der Waals surface area contributed by atoms with E-state index in [-0.39, 0.29) is 5.92 Å². The molecule has 0 unspecified atom stereocenters. The van der Waals surface area contributed by atoms with E-state index in [1.807, 2.05) is 0 Å². The Kier molecular flexibility index (Phi) is 2.05. The second-order valence-corrected chi connectivity index (χ2v) is 4.70. The van der Waals surface area contributed by atoms with E-state index < -0.39 is 15.7 Å². The van der Waals surface area contributed by atoms with Crippen molar-refractivity contribution in [2.75, 3.05) is 0 Å². The number of rotatable bonds is 1. The first kappa shape index (κ1) is 8.44. The van der Waals surface area contributed by atoms with E-state index >= 15 is 0 Å². The molecule has 0 bridgehead atoms. The first-order chi connectivity index (χ1) is 4.43. The van der Waals surface area contributed by atoms with Crippen molar-refractivity contribution in [1.82, 2.24) is 0 Å². The summed E-state index contributed by atoms with van der Waals surface area (Å²) in [5, 5.41) is 8.41. The Morgan fingerprint density at radius 3 is 2.10 bits per heavy atom. The third-order valence-electron chi connectivity index (χ3n) is 1.53. The second-order valence-electron chi connectivity index (χ2n) is 2.33. The molecule has 1 rings (SSSR count). The standard InChI is InChI=1S/C5H5Cl3O2/c6-5(7,8)3-1-2(3)4(9)10/h2-3H,1H2,(H,9,10)/t2-,3-/m1/s1. The van der Waals surface area contributed by atoms with Gasteiger partial charge in [0, 0.05) is 5.92 Å². The van der Waals surface area contributed by atoms with E-state index in [2.05, 4.69) is 0 Å². The summed E-state index contributed by atoms with van der Waals surface area (Å²) in [7, 11) is 0. The Morgan fingerprint density at radius 2 is 2.00 bits per heavy atom. The minimum atomic E-state index is -1.40. The van der Waals surface area contributed by atoms with Crippen molar-refractivity contribution in [3.05, 3.63) is 0 Å². The predicted octanol–water partition coefficient (Wildman–Crippen LogP) is 2.08. The molecule has 0 aliphatic heterocycles. The molecular weight excluding hydrogens is 198 g/mol. The van der Waals surface area contributed by atoms with Gasteiger partial charge < -0.3 is 5.11 Å². The van der Waals surface area contributed by atoms with E-state index in [4.69, 9.17) is 39.9 Å². The van der Waals surface area contributed by atoms with Crippen LogP contribution in [0.2, 0.25) is 0 Å². The first-order valence-corrected chi connectivity index (χ1v) is 3.86. The van der Waals surface area contributed by atoms with Crippen LogP contribution in [0.15, 0.2) is 0 Å². The number of alkyl halides is 3. The lowest BCUT2D eigenvalue weighted by molar-refractivity contribution is -0.138. The van der Waals surface area contributed by atoms with Crippen molar-refractivity contribution in [2.45, 2.75) is 10.2 Å². The topological polar surface area (TPSA) is 37.3 Å². The Hall–Kier alpha value is 0.340. The fraction of sp³-hybridized carbons (Fsp3) is 0.800. The highest BCUT2D eigenvalue weighted by Crippen LogP contribution is 2.53. The average molecular weight is 203 g/mol. The highest BCUT2D eigenvalue weighted by Gasteiger charge is 2.54. The van der Waals surface area contributed by atoms with Crippen LogP contribution in [0.1, 0.15) is 6.42 Å². The minimum Gasteiger partial charge on any atom is -0.481 e. The molecule has 1 saturated carbocycles. The van der Waals surface area contributed by atoms with Crippen molar-refractivity contribution in [3.63, 3.8) is 0 Å². The van der Waals surface area contributed by atoms with Gasteiger partial charge in [-0.25, -0.2) is 0 Å². The number of aliphatic carboxylic acids is 1. The monoisotopic (exact) mass is 202 g/mol. The molecular formula is C5H5Cl3O2. The van der Waals surface area contributed by atoms with E-state index in [0.29, 0.717) is 6.42 Å². The van der Waals surface area contributed by atoms with Crippen molar-refractivity contribution in [3.8, 4) is 0 Å². The highest BCUT2D eigenvalue weighted by molar-refractivity contribution is 6.68. The largest absolute Gasteiger partial charge is 0.481 e. The van der Waals surface area contributed by atoms with Gasteiger partial charge in [-0.3, -0.25) is 4.79 Å². The second kappa shape index (κ2) is 2.43. The van der Waals surface area contributed by atoms with E-state index in [1.165, 1.54) is 0 Å². The predicted molar refractivity (Wildman–Crippen MR) is 39.5 cm³/mol. The molecule has 10 heavy (non-hydrogen) atoms. The van der Waals surface area contributed by atoms with Crippen LogP contribution in [0.4, 0.5) is 0 Å². The maximum absolute atomic E-state index is 10.2. The normalized spacial score (nSPS) is 31.9. The zero-order valence-electron chi connectivity index (χ0n) is 4.85. The average Bonchev–Trinajstić information content (AvgIpc) is 2.35. The minimum absolute atomic E-state index is 0.296. The molecule has 1 aliphatic rings. The number of hydrogen-bond acceptors (Lipinski definition) is 1. The SMILES string of the molecule is O=C(O)[C@@H]1C[C@H]1C(Cl)(Cl)Cl. The van der Waals surface area contributed by atoms with Gasteiger partial charge in [0.05, 0.1) is 5.92 Å². The Labute approximate surface area is 73.1 Å². The third-order valence-corrected chi connectivity index (χ3v) is 2.37. The fourth-order valence-electron chi connectivity index (χ4n) is 0.830. The highest BCUT2D eigenvalue weighted by atomic mass is 35.6. The summed E-state index contributed by atoms with van der Waals surface area (Å²) in [6.07, 6.45) is 0.478. The van der Waals surface area contributed by atoms with Crippen LogP contribution in [-0.4, -0.2) is 14.9 Å². The van der Waals surface area contributed by atoms with Gasteiger partial charge in [0.25, 0.3) is 0 Å². The molecule has 0 radical (unpaired) electrons. The molecule has 0 aromatic heterocycles. The van der Waals surface area contributed by atoms with Gasteiger partial charge in [-0.1, -0.05) is 34.8 Å². The van der Waals surface area contributed by atoms with Crippen LogP contribution in [-0.2, 0) is 4.79 Å². The summed E-state index contributed by atoms with van der Waals surface area (Å²) in [6, 6.07) is 0. The lowest BCUT2D eigenvalue weighted by atomic mass is 10.3. The van der Waals surface area contributed by atoms with Crippen molar-refractivity contribution in [1.29, 1.82) is 0 Å². The molecule has 2 nitrogen and oxygen atoms in total. The molecule has 58 valence electrons. The Balaban J connectivity index is 2.46. The summed E-state index contributed by atoms with van der Waals surface area (Å²) in [5.74, 6) is -1.63. The van der Waals surface area contributed by atoms with Gasteiger partial charge in [0.2, 0.25) is 0 Å². The molecule has 1 fully saturated rings. The fourth-order valence-corrected chi connectivity index (χ4v) is 1.55. The van der Waals surface area contributed by atoms with Crippen LogP contribution in [0.3, 0.4) is 0 Å². The smallest absolute Gasteiger partial charge is 0.306 e. The summed E-state index contributed by atoms with van der Waals surface area (Å²) in [6.45, 7) is 0. The zero-order valence-corrected chi connectivity index (χ0v) is 7.12. The molecule has 0 heterocycles. The Bertz CT molecular complexity index is 163. The summed E-state index contributed by atoms with van der Waals surface area (Å²) in [4.78, 5) is 10.2. The molecule has 0 spiro atoms. The summed E-state index contributed by atoms with van der Waals surface area (Å²) >= 11 is 16.3. The van der Waals surface area contributed by atoms with E-state index in [0.717, 1.165) is 0 Å². The van der Waals surface area contributed by atoms with Crippen LogP contribution >= 0.6 is 34.8 Å².